The lowest BCUT2D eigenvalue weighted by Crippen LogP contribution is -2.33. The highest BCUT2D eigenvalue weighted by atomic mass is 32.1. The van der Waals surface area contributed by atoms with Gasteiger partial charge >= 0.3 is 0 Å². The van der Waals surface area contributed by atoms with Crippen LogP contribution >= 0.6 is 11.3 Å². The molecule has 7 heteroatoms. The van der Waals surface area contributed by atoms with Crippen LogP contribution in [0.25, 0.3) is 0 Å². The molecule has 1 aliphatic rings. The Hall–Kier alpha value is -2.74. The first kappa shape index (κ1) is 30.3. The molecule has 0 aliphatic carbocycles. The van der Waals surface area contributed by atoms with E-state index in [0.717, 1.165) is 61.7 Å². The topological polar surface area (TPSA) is 81.0 Å². The molecular weight excluding hydrogens is 456 g/mol. The van der Waals surface area contributed by atoms with Crippen LogP contribution in [0.5, 0.6) is 5.75 Å². The van der Waals surface area contributed by atoms with Crippen molar-refractivity contribution in [1.29, 1.82) is 0 Å². The van der Waals surface area contributed by atoms with Gasteiger partial charge in [0.2, 0.25) is 0 Å². The van der Waals surface area contributed by atoms with E-state index >= 15 is 0 Å². The highest BCUT2D eigenvalue weighted by molar-refractivity contribution is 7.11. The number of rotatable bonds is 5. The Balaban J connectivity index is 0.000000368. The van der Waals surface area contributed by atoms with Gasteiger partial charge in [0.25, 0.3) is 0 Å². The van der Waals surface area contributed by atoms with Gasteiger partial charge in [-0.25, -0.2) is 9.98 Å². The Morgan fingerprint density at radius 1 is 1.06 bits per heavy atom. The summed E-state index contributed by atoms with van der Waals surface area (Å²) in [5.41, 5.74) is 4.68. The molecule has 192 valence electrons. The second kappa shape index (κ2) is 16.8. The fraction of sp³-hybridized carbons (Fsp3) is 0.429. The van der Waals surface area contributed by atoms with Crippen molar-refractivity contribution >= 4 is 22.9 Å². The Bertz CT molecular complexity index is 1020. The van der Waals surface area contributed by atoms with Gasteiger partial charge in [-0.3, -0.25) is 0 Å². The second-order valence-electron chi connectivity index (χ2n) is 7.69. The number of aliphatic hydroxyl groups excluding tert-OH is 1. The predicted octanol–water partition coefficient (Wildman–Crippen LogP) is 5.56. The molecule has 2 aromatic carbocycles. The second-order valence-corrected chi connectivity index (χ2v) is 8.97. The van der Waals surface area contributed by atoms with E-state index in [4.69, 9.17) is 20.2 Å². The van der Waals surface area contributed by atoms with E-state index < -0.39 is 0 Å². The van der Waals surface area contributed by atoms with Gasteiger partial charge in [-0.05, 0) is 49.7 Å². The van der Waals surface area contributed by atoms with E-state index in [1.807, 2.05) is 39.1 Å². The van der Waals surface area contributed by atoms with Crippen LogP contribution in [0.4, 0.5) is 5.69 Å². The summed E-state index contributed by atoms with van der Waals surface area (Å²) in [6, 6.07) is 15.7. The molecule has 35 heavy (non-hydrogen) atoms. The van der Waals surface area contributed by atoms with Crippen molar-refractivity contribution in [3.05, 3.63) is 75.2 Å². The van der Waals surface area contributed by atoms with Crippen molar-refractivity contribution in [1.82, 2.24) is 15.2 Å². The lowest BCUT2D eigenvalue weighted by Gasteiger charge is -2.20. The number of hydrogen-bond acceptors (Lipinski definition) is 7. The third-order valence-corrected chi connectivity index (χ3v) is 6.09. The van der Waals surface area contributed by atoms with Crippen LogP contribution in [0.3, 0.4) is 0 Å². The van der Waals surface area contributed by atoms with Crippen LogP contribution in [0, 0.1) is 6.92 Å². The van der Waals surface area contributed by atoms with Gasteiger partial charge in [0.05, 0.1) is 10.7 Å². The van der Waals surface area contributed by atoms with E-state index in [-0.39, 0.29) is 0 Å². The Labute approximate surface area is 215 Å². The van der Waals surface area contributed by atoms with Crippen LogP contribution in [0.1, 0.15) is 53.9 Å². The Morgan fingerprint density at radius 2 is 1.71 bits per heavy atom. The molecular formula is C28H42N4O2S. The summed E-state index contributed by atoms with van der Waals surface area (Å²) in [6.45, 7) is 10.0. The third kappa shape index (κ3) is 9.43. The summed E-state index contributed by atoms with van der Waals surface area (Å²) in [7, 11) is 5.05. The number of aliphatic imine (C=N–C) groups is 1. The van der Waals surface area contributed by atoms with Gasteiger partial charge in [-0.15, -0.1) is 11.3 Å². The standard InChI is InChI=1S/C16H20N4S.C9H12O.C2H6.CH4O/c1-11-18-15-14(21-11)10-12-6-4-5-7-13(12)19-16(15)20(3)9-8-17-2;1-2-3-8-4-6-9(10)7-5-8;2*1-2/h4-7,17H,8-10H2,1-3H3;4-7,10H,2-3H2,1H3;1-2H3;2H,1H3. The van der Waals surface area contributed by atoms with Gasteiger partial charge in [0.1, 0.15) is 11.4 Å². The van der Waals surface area contributed by atoms with E-state index in [2.05, 4.69) is 49.3 Å². The zero-order valence-electron chi connectivity index (χ0n) is 22.3. The van der Waals surface area contributed by atoms with Gasteiger partial charge in [0, 0.05) is 38.5 Å². The van der Waals surface area contributed by atoms with E-state index in [9.17, 15) is 0 Å². The van der Waals surface area contributed by atoms with Crippen LogP contribution in [-0.4, -0.2) is 60.2 Å². The number of phenols is 1. The maximum atomic E-state index is 8.92. The highest BCUT2D eigenvalue weighted by Crippen LogP contribution is 2.31. The van der Waals surface area contributed by atoms with Crippen molar-refractivity contribution in [2.75, 3.05) is 34.3 Å². The molecule has 0 amide bonds. The first-order valence-corrected chi connectivity index (χ1v) is 13.0. The molecule has 0 spiro atoms. The van der Waals surface area contributed by atoms with Crippen LogP contribution in [0.2, 0.25) is 0 Å². The molecule has 0 saturated carbocycles. The minimum atomic E-state index is 0.347. The number of amidine groups is 1. The first-order chi connectivity index (χ1) is 17.0. The molecule has 4 rings (SSSR count). The number of nitrogens with one attached hydrogen (secondary N) is 1. The summed E-state index contributed by atoms with van der Waals surface area (Å²) in [6.07, 6.45) is 3.18. The molecule has 0 atom stereocenters. The summed E-state index contributed by atoms with van der Waals surface area (Å²) < 4.78 is 0. The van der Waals surface area contributed by atoms with Gasteiger partial charge in [0.15, 0.2) is 5.84 Å². The monoisotopic (exact) mass is 498 g/mol. The summed E-state index contributed by atoms with van der Waals surface area (Å²) in [5.74, 6) is 1.33. The number of hydrogen-bond donors (Lipinski definition) is 3. The number of fused-ring (bicyclic) bond motifs is 2. The quantitative estimate of drug-likeness (QED) is 0.429. The number of benzene rings is 2. The zero-order valence-corrected chi connectivity index (χ0v) is 23.1. The molecule has 3 aromatic rings. The molecule has 0 bridgehead atoms. The molecule has 6 nitrogen and oxygen atoms in total. The molecule has 0 fully saturated rings. The number of aliphatic hydroxyl groups is 1. The van der Waals surface area contributed by atoms with Crippen molar-refractivity contribution in [3.63, 3.8) is 0 Å². The largest absolute Gasteiger partial charge is 0.508 e. The van der Waals surface area contributed by atoms with Gasteiger partial charge in [-0.2, -0.15) is 0 Å². The summed E-state index contributed by atoms with van der Waals surface area (Å²) in [5, 5.41) is 20.2. The molecule has 0 unspecified atom stereocenters. The van der Waals surface area contributed by atoms with E-state index in [1.54, 1.807) is 23.5 Å². The van der Waals surface area contributed by atoms with Crippen molar-refractivity contribution < 1.29 is 10.2 Å². The van der Waals surface area contributed by atoms with Crippen molar-refractivity contribution in [2.24, 2.45) is 4.99 Å². The first-order valence-electron chi connectivity index (χ1n) is 12.2. The highest BCUT2D eigenvalue weighted by Gasteiger charge is 2.22. The van der Waals surface area contributed by atoms with Crippen LogP contribution in [-0.2, 0) is 12.8 Å². The maximum Gasteiger partial charge on any atom is 0.156 e. The molecule has 1 aliphatic heterocycles. The summed E-state index contributed by atoms with van der Waals surface area (Å²) in [4.78, 5) is 13.1. The van der Waals surface area contributed by atoms with E-state index in [0.29, 0.717) is 5.75 Å². The normalized spacial score (nSPS) is 11.0. The predicted molar refractivity (Wildman–Crippen MR) is 150 cm³/mol. The van der Waals surface area contributed by atoms with Gasteiger partial charge in [-0.1, -0.05) is 57.5 Å². The number of nitrogens with zero attached hydrogens (tertiary/aromatic N) is 3. The molecule has 1 aromatic heterocycles. The van der Waals surface area contributed by atoms with Crippen LogP contribution in [0.15, 0.2) is 53.5 Å². The number of para-hydroxylation sites is 1. The average Bonchev–Trinajstić information content (AvgIpc) is 3.18. The third-order valence-electron chi connectivity index (χ3n) is 5.12. The van der Waals surface area contributed by atoms with E-state index in [1.165, 1.54) is 16.0 Å². The number of aromatic nitrogens is 1. The smallest absolute Gasteiger partial charge is 0.156 e. The SMILES string of the molecule is CC.CCCc1ccc(O)cc1.CNCCN(C)C1=Nc2ccccc2Cc2sc(C)nc21.CO. The molecule has 2 heterocycles. The summed E-state index contributed by atoms with van der Waals surface area (Å²) >= 11 is 1.78. The van der Waals surface area contributed by atoms with Gasteiger partial charge < -0.3 is 20.4 Å². The number of likely N-dealkylation sites (N-methyl/N-ethyl adjacent to an activating group) is 2. The van der Waals surface area contributed by atoms with Crippen LogP contribution < -0.4 is 5.32 Å². The Kier molecular flexibility index (Phi) is 14.6. The number of aromatic hydroxyl groups is 1. The zero-order chi connectivity index (χ0) is 26.2. The molecule has 3 N–H and O–H groups in total. The fourth-order valence-electron chi connectivity index (χ4n) is 3.48. The number of aryl methyl sites for hydroxylation is 2. The molecule has 0 radical (unpaired) electrons. The maximum absolute atomic E-state index is 8.92. The lowest BCUT2D eigenvalue weighted by molar-refractivity contribution is 0.399. The van der Waals surface area contributed by atoms with Crippen molar-refractivity contribution in [2.45, 2.75) is 47.0 Å². The number of phenolic OH excluding ortho intramolecular Hbond substituents is 1. The minimum Gasteiger partial charge on any atom is -0.508 e. The average molecular weight is 499 g/mol. The Morgan fingerprint density at radius 3 is 2.34 bits per heavy atom. The number of thiazole rings is 1. The minimum absolute atomic E-state index is 0.347. The molecule has 0 saturated heterocycles. The fourth-order valence-corrected chi connectivity index (χ4v) is 4.43. The lowest BCUT2D eigenvalue weighted by atomic mass is 10.1. The van der Waals surface area contributed by atoms with Crippen molar-refractivity contribution in [3.8, 4) is 5.75 Å².